The van der Waals surface area contributed by atoms with Crippen molar-refractivity contribution in [2.24, 2.45) is 0 Å². The Morgan fingerprint density at radius 3 is 2.38 bits per heavy atom. The van der Waals surface area contributed by atoms with E-state index >= 15 is 0 Å². The molecule has 1 N–H and O–H groups in total. The molecular weight excluding hydrogens is 504 g/mol. The molecule has 2 aliphatic heterocycles. The summed E-state index contributed by atoms with van der Waals surface area (Å²) in [7, 11) is 4.50. The highest BCUT2D eigenvalue weighted by Crippen LogP contribution is 2.45. The average Bonchev–Trinajstić information content (AvgIpc) is 3.43. The molecule has 4 heterocycles. The molecular formula is C28H32N4O7. The van der Waals surface area contributed by atoms with Crippen molar-refractivity contribution in [3.63, 3.8) is 0 Å². The molecule has 2 fully saturated rings. The molecule has 0 radical (unpaired) electrons. The van der Waals surface area contributed by atoms with Crippen LogP contribution in [-0.4, -0.2) is 96.7 Å². The van der Waals surface area contributed by atoms with Gasteiger partial charge in [-0.25, -0.2) is 4.98 Å². The first-order valence-corrected chi connectivity index (χ1v) is 12.7. The second-order valence-corrected chi connectivity index (χ2v) is 9.38. The van der Waals surface area contributed by atoms with Crippen LogP contribution in [0.4, 0.5) is 0 Å². The Hall–Kier alpha value is -4.09. The number of hydrogen-bond donors (Lipinski definition) is 1. The summed E-state index contributed by atoms with van der Waals surface area (Å²) >= 11 is 0. The maximum Gasteiger partial charge on any atom is 0.295 e. The normalized spacial score (nSPS) is 19.6. The number of aliphatic hydroxyl groups excluding tert-OH is 1. The second-order valence-electron chi connectivity index (χ2n) is 9.38. The number of rotatable bonds is 8. The molecule has 0 saturated carbocycles. The van der Waals surface area contributed by atoms with Crippen LogP contribution in [0.3, 0.4) is 0 Å². The monoisotopic (exact) mass is 536 g/mol. The number of pyridine rings is 1. The molecule has 206 valence electrons. The Balaban J connectivity index is 1.68. The zero-order valence-corrected chi connectivity index (χ0v) is 22.5. The quantitative estimate of drug-likeness (QED) is 0.263. The molecule has 2 aromatic heterocycles. The SMILES string of the molecule is COc1cc([C@@H]2C(=C(O)c3c(C)nc4ccccn34)C(=O)C(=O)N2CCN2CCOCC2)cc(OC)c1OC. The van der Waals surface area contributed by atoms with Crippen molar-refractivity contribution >= 4 is 23.1 Å². The van der Waals surface area contributed by atoms with Gasteiger partial charge in [0.2, 0.25) is 5.75 Å². The third kappa shape index (κ3) is 4.68. The first-order valence-electron chi connectivity index (χ1n) is 12.7. The number of imidazole rings is 1. The number of morpholine rings is 1. The number of hydrogen-bond acceptors (Lipinski definition) is 9. The minimum absolute atomic E-state index is 0.0231. The van der Waals surface area contributed by atoms with E-state index in [0.29, 0.717) is 59.6 Å². The summed E-state index contributed by atoms with van der Waals surface area (Å²) in [5.74, 6) is -0.620. The van der Waals surface area contributed by atoms with Gasteiger partial charge in [-0.2, -0.15) is 0 Å². The number of aryl methyl sites for hydroxylation is 1. The van der Waals surface area contributed by atoms with E-state index in [1.807, 2.05) is 12.1 Å². The summed E-state index contributed by atoms with van der Waals surface area (Å²) in [6.45, 7) is 5.27. The molecule has 0 aliphatic carbocycles. The fourth-order valence-corrected chi connectivity index (χ4v) is 5.32. The van der Waals surface area contributed by atoms with Crippen LogP contribution in [0.5, 0.6) is 17.2 Å². The second kappa shape index (κ2) is 11.0. The summed E-state index contributed by atoms with van der Waals surface area (Å²) in [6, 6.07) is 7.96. The molecule has 0 spiro atoms. The zero-order valence-electron chi connectivity index (χ0n) is 22.5. The Morgan fingerprint density at radius 2 is 1.74 bits per heavy atom. The third-order valence-electron chi connectivity index (χ3n) is 7.23. The van der Waals surface area contributed by atoms with Gasteiger partial charge in [0.1, 0.15) is 11.3 Å². The van der Waals surface area contributed by atoms with Gasteiger partial charge in [0, 0.05) is 32.4 Å². The van der Waals surface area contributed by atoms with Crippen LogP contribution in [0.1, 0.15) is 23.0 Å². The number of nitrogens with zero attached hydrogens (tertiary/aromatic N) is 4. The maximum absolute atomic E-state index is 13.6. The maximum atomic E-state index is 13.6. The van der Waals surface area contributed by atoms with Crippen molar-refractivity contribution in [2.75, 3.05) is 60.7 Å². The number of carbonyl (C=O) groups is 2. The summed E-state index contributed by atoms with van der Waals surface area (Å²) in [6.07, 6.45) is 1.76. The molecule has 39 heavy (non-hydrogen) atoms. The molecule has 2 saturated heterocycles. The summed E-state index contributed by atoms with van der Waals surface area (Å²) < 4.78 is 23.8. The van der Waals surface area contributed by atoms with Gasteiger partial charge >= 0.3 is 0 Å². The highest BCUT2D eigenvalue weighted by Gasteiger charge is 2.47. The predicted octanol–water partition coefficient (Wildman–Crippen LogP) is 2.42. The van der Waals surface area contributed by atoms with Crippen LogP contribution in [0, 0.1) is 6.92 Å². The fraction of sp³-hybridized carbons (Fsp3) is 0.393. The third-order valence-corrected chi connectivity index (χ3v) is 7.23. The highest BCUT2D eigenvalue weighted by molar-refractivity contribution is 6.46. The predicted molar refractivity (Wildman–Crippen MR) is 142 cm³/mol. The number of aliphatic hydroxyl groups is 1. The van der Waals surface area contributed by atoms with Crippen LogP contribution in [0.15, 0.2) is 42.1 Å². The Labute approximate surface area is 226 Å². The lowest BCUT2D eigenvalue weighted by Crippen LogP contribution is -2.42. The number of aromatic nitrogens is 2. The van der Waals surface area contributed by atoms with Crippen molar-refractivity contribution in [1.82, 2.24) is 19.2 Å². The lowest BCUT2D eigenvalue weighted by molar-refractivity contribution is -0.140. The minimum Gasteiger partial charge on any atom is -0.505 e. The van der Waals surface area contributed by atoms with Gasteiger partial charge in [-0.05, 0) is 36.8 Å². The molecule has 11 nitrogen and oxygen atoms in total. The van der Waals surface area contributed by atoms with Crippen LogP contribution >= 0.6 is 0 Å². The van der Waals surface area contributed by atoms with E-state index in [0.717, 1.165) is 13.1 Å². The minimum atomic E-state index is -0.895. The fourth-order valence-electron chi connectivity index (χ4n) is 5.32. The standard InChI is InChI=1S/C28H32N4O7/c1-17-23(31-8-6-5-7-21(31)29-17)25(33)22-24(18-15-19(36-2)27(38-4)20(16-18)37-3)32(28(35)26(22)34)10-9-30-11-13-39-14-12-30/h5-8,15-16,24,33H,9-14H2,1-4H3/t24-/m1/s1. The molecule has 0 unspecified atom stereocenters. The zero-order chi connectivity index (χ0) is 27.7. The van der Waals surface area contributed by atoms with Gasteiger partial charge in [0.15, 0.2) is 17.3 Å². The number of fused-ring (bicyclic) bond motifs is 1. The van der Waals surface area contributed by atoms with Gasteiger partial charge < -0.3 is 29.0 Å². The van der Waals surface area contributed by atoms with Gasteiger partial charge in [0.05, 0.1) is 51.9 Å². The van der Waals surface area contributed by atoms with E-state index in [1.54, 1.807) is 35.7 Å². The molecule has 1 aromatic carbocycles. The number of ether oxygens (including phenoxy) is 4. The number of Topliss-reactive ketones (excluding diaryl/α,β-unsaturated/α-hetero) is 1. The van der Waals surface area contributed by atoms with Crippen molar-refractivity contribution in [1.29, 1.82) is 0 Å². The molecule has 2 aliphatic rings. The van der Waals surface area contributed by atoms with Crippen molar-refractivity contribution in [3.05, 3.63) is 59.1 Å². The van der Waals surface area contributed by atoms with Crippen molar-refractivity contribution < 1.29 is 33.6 Å². The van der Waals surface area contributed by atoms with E-state index in [4.69, 9.17) is 18.9 Å². The summed E-state index contributed by atoms with van der Waals surface area (Å²) in [5.41, 5.74) is 2.02. The molecule has 3 aromatic rings. The Morgan fingerprint density at radius 1 is 1.05 bits per heavy atom. The number of ketones is 1. The van der Waals surface area contributed by atoms with Crippen molar-refractivity contribution in [3.8, 4) is 17.2 Å². The van der Waals surface area contributed by atoms with Crippen LogP contribution in [-0.2, 0) is 14.3 Å². The topological polar surface area (TPSA) is 115 Å². The van der Waals surface area contributed by atoms with E-state index in [2.05, 4.69) is 9.88 Å². The first kappa shape index (κ1) is 26.5. The number of carbonyl (C=O) groups excluding carboxylic acids is 2. The average molecular weight is 537 g/mol. The largest absolute Gasteiger partial charge is 0.505 e. The number of amides is 1. The smallest absolute Gasteiger partial charge is 0.295 e. The molecule has 5 rings (SSSR count). The van der Waals surface area contributed by atoms with Gasteiger partial charge in [0.25, 0.3) is 11.7 Å². The van der Waals surface area contributed by atoms with Crippen LogP contribution in [0.25, 0.3) is 11.4 Å². The van der Waals surface area contributed by atoms with Gasteiger partial charge in [-0.15, -0.1) is 0 Å². The Kier molecular flexibility index (Phi) is 7.45. The van der Waals surface area contributed by atoms with E-state index in [1.165, 1.54) is 26.2 Å². The Bertz CT molecular complexity index is 1420. The lowest BCUT2D eigenvalue weighted by atomic mass is 9.95. The molecule has 0 bridgehead atoms. The van der Waals surface area contributed by atoms with Crippen LogP contribution in [0.2, 0.25) is 0 Å². The number of likely N-dealkylation sites (tertiary alicyclic amines) is 1. The number of methoxy groups -OCH3 is 3. The molecule has 1 atom stereocenters. The van der Waals surface area contributed by atoms with E-state index < -0.39 is 17.7 Å². The summed E-state index contributed by atoms with van der Waals surface area (Å²) in [5, 5.41) is 11.7. The summed E-state index contributed by atoms with van der Waals surface area (Å²) in [4.78, 5) is 35.3. The van der Waals surface area contributed by atoms with Gasteiger partial charge in [-0.1, -0.05) is 6.07 Å². The number of benzene rings is 1. The first-order chi connectivity index (χ1) is 18.9. The van der Waals surface area contributed by atoms with E-state index in [-0.39, 0.29) is 17.9 Å². The van der Waals surface area contributed by atoms with Gasteiger partial charge in [-0.3, -0.25) is 18.9 Å². The lowest BCUT2D eigenvalue weighted by Gasteiger charge is -2.31. The van der Waals surface area contributed by atoms with Crippen LogP contribution < -0.4 is 14.2 Å². The molecule has 11 heteroatoms. The van der Waals surface area contributed by atoms with E-state index in [9.17, 15) is 14.7 Å². The highest BCUT2D eigenvalue weighted by atomic mass is 16.5. The van der Waals surface area contributed by atoms with Crippen molar-refractivity contribution in [2.45, 2.75) is 13.0 Å². The molecule has 1 amide bonds.